The summed E-state index contributed by atoms with van der Waals surface area (Å²) in [4.78, 5) is 14.3. The van der Waals surface area contributed by atoms with E-state index in [1.807, 2.05) is 0 Å². The van der Waals surface area contributed by atoms with Crippen molar-refractivity contribution in [3.8, 4) is 0 Å². The highest BCUT2D eigenvalue weighted by molar-refractivity contribution is 7.93. The maximum atomic E-state index is 12.1. The van der Waals surface area contributed by atoms with E-state index >= 15 is 0 Å². The van der Waals surface area contributed by atoms with Crippen molar-refractivity contribution in [2.45, 2.75) is 48.7 Å². The Morgan fingerprint density at radius 2 is 2.00 bits per heavy atom. The predicted molar refractivity (Wildman–Crippen MR) is 65.9 cm³/mol. The number of nitrogens with zero attached hydrogens (tertiary/aromatic N) is 3. The zero-order valence-electron chi connectivity index (χ0n) is 10.4. The Kier molecular flexibility index (Phi) is 2.76. The molecule has 19 heavy (non-hydrogen) atoms. The van der Waals surface area contributed by atoms with Gasteiger partial charge in [0.05, 0.1) is 23.5 Å². The molecule has 0 aromatic rings. The van der Waals surface area contributed by atoms with Crippen LogP contribution in [-0.4, -0.2) is 37.5 Å². The maximum absolute atomic E-state index is 12.1. The van der Waals surface area contributed by atoms with Crippen molar-refractivity contribution in [3.05, 3.63) is 10.4 Å². The third-order valence-corrected chi connectivity index (χ3v) is 7.44. The number of carbonyl (C=O) groups is 1. The molecule has 3 saturated heterocycles. The number of esters is 1. The van der Waals surface area contributed by atoms with E-state index in [4.69, 9.17) is 10.3 Å². The number of cyclic esters (lactones) is 1. The topological polar surface area (TPSA) is 109 Å². The van der Waals surface area contributed by atoms with Gasteiger partial charge < -0.3 is 4.74 Å². The first-order chi connectivity index (χ1) is 8.98. The number of fused-ring (bicyclic) bond motifs is 2. The summed E-state index contributed by atoms with van der Waals surface area (Å²) in [6.45, 7) is 0.0989. The highest BCUT2D eigenvalue weighted by Crippen LogP contribution is 2.54. The van der Waals surface area contributed by atoms with E-state index in [-0.39, 0.29) is 29.4 Å². The van der Waals surface area contributed by atoms with Crippen molar-refractivity contribution in [3.63, 3.8) is 0 Å². The van der Waals surface area contributed by atoms with Crippen LogP contribution in [-0.2, 0) is 19.4 Å². The van der Waals surface area contributed by atoms with Crippen LogP contribution in [0.15, 0.2) is 5.11 Å². The molecular weight excluding hydrogens is 270 g/mol. The molecule has 7 nitrogen and oxygen atoms in total. The van der Waals surface area contributed by atoms with Gasteiger partial charge in [-0.2, -0.15) is 0 Å². The highest BCUT2D eigenvalue weighted by atomic mass is 32.2. The third kappa shape index (κ3) is 1.81. The molecule has 3 rings (SSSR count). The van der Waals surface area contributed by atoms with Crippen LogP contribution in [0.25, 0.3) is 10.4 Å². The van der Waals surface area contributed by atoms with Gasteiger partial charge in [-0.25, -0.2) is 8.42 Å². The molecule has 0 radical (unpaired) electrons. The Morgan fingerprint density at radius 1 is 1.37 bits per heavy atom. The van der Waals surface area contributed by atoms with Gasteiger partial charge >= 0.3 is 5.97 Å². The largest absolute Gasteiger partial charge is 0.462 e. The summed E-state index contributed by atoms with van der Waals surface area (Å²) in [5, 5.41) is 2.79. The molecule has 3 aliphatic heterocycles. The first kappa shape index (κ1) is 12.7. The van der Waals surface area contributed by atoms with Gasteiger partial charge in [0, 0.05) is 10.3 Å². The second-order valence-electron chi connectivity index (χ2n) is 5.75. The molecule has 3 unspecified atom stereocenters. The summed E-state index contributed by atoms with van der Waals surface area (Å²) in [7, 11) is -3.02. The SMILES string of the molecule is [N-]=[N+]=NCC1OC(=O)CC12CC1CCC(C2)S1(=O)=O. The summed E-state index contributed by atoms with van der Waals surface area (Å²) in [6, 6.07) is 0. The number of sulfone groups is 1. The number of azide groups is 1. The van der Waals surface area contributed by atoms with Crippen molar-refractivity contribution >= 4 is 15.8 Å². The fourth-order valence-electron chi connectivity index (χ4n) is 3.87. The Balaban J connectivity index is 1.91. The van der Waals surface area contributed by atoms with Crippen molar-refractivity contribution in [1.82, 2.24) is 0 Å². The molecule has 0 saturated carbocycles. The van der Waals surface area contributed by atoms with E-state index in [2.05, 4.69) is 10.0 Å². The number of hydrogen-bond donors (Lipinski definition) is 0. The lowest BCUT2D eigenvalue weighted by atomic mass is 9.74. The molecule has 0 amide bonds. The number of carbonyl (C=O) groups excluding carboxylic acids is 1. The van der Waals surface area contributed by atoms with Crippen LogP contribution < -0.4 is 0 Å². The Bertz CT molecular complexity index is 546. The average molecular weight is 285 g/mol. The molecule has 1 spiro atoms. The van der Waals surface area contributed by atoms with Gasteiger partial charge in [0.2, 0.25) is 0 Å². The van der Waals surface area contributed by atoms with Gasteiger partial charge in [-0.15, -0.1) is 0 Å². The van der Waals surface area contributed by atoms with Gasteiger partial charge in [-0.05, 0) is 31.2 Å². The van der Waals surface area contributed by atoms with Crippen LogP contribution >= 0.6 is 0 Å². The van der Waals surface area contributed by atoms with Crippen LogP contribution in [0.2, 0.25) is 0 Å². The van der Waals surface area contributed by atoms with Gasteiger partial charge in [-0.3, -0.25) is 4.79 Å². The normalized spacial score (nSPS) is 42.9. The summed E-state index contributed by atoms with van der Waals surface area (Å²) in [5.74, 6) is -0.308. The van der Waals surface area contributed by atoms with Gasteiger partial charge in [0.15, 0.2) is 9.84 Å². The predicted octanol–water partition coefficient (Wildman–Crippen LogP) is 1.34. The molecular formula is C11H15N3O4S. The first-order valence-electron chi connectivity index (χ1n) is 6.41. The molecule has 8 heteroatoms. The minimum absolute atomic E-state index is 0.0989. The quantitative estimate of drug-likeness (QED) is 0.330. The highest BCUT2D eigenvalue weighted by Gasteiger charge is 2.59. The van der Waals surface area contributed by atoms with E-state index in [1.165, 1.54) is 0 Å². The van der Waals surface area contributed by atoms with Crippen LogP contribution in [0.5, 0.6) is 0 Å². The molecule has 2 bridgehead atoms. The first-order valence-corrected chi connectivity index (χ1v) is 8.02. The molecule has 104 valence electrons. The van der Waals surface area contributed by atoms with E-state index in [1.54, 1.807) is 0 Å². The van der Waals surface area contributed by atoms with Crippen molar-refractivity contribution in [2.75, 3.05) is 6.54 Å². The van der Waals surface area contributed by atoms with Crippen LogP contribution in [0.3, 0.4) is 0 Å². The number of rotatable bonds is 2. The molecule has 0 aromatic carbocycles. The Morgan fingerprint density at radius 3 is 2.58 bits per heavy atom. The van der Waals surface area contributed by atoms with E-state index in [0.29, 0.717) is 25.7 Å². The van der Waals surface area contributed by atoms with Gasteiger partial charge in [0.1, 0.15) is 6.10 Å². The van der Waals surface area contributed by atoms with E-state index in [9.17, 15) is 13.2 Å². The van der Waals surface area contributed by atoms with E-state index < -0.39 is 21.4 Å². The van der Waals surface area contributed by atoms with E-state index in [0.717, 1.165) is 0 Å². The van der Waals surface area contributed by atoms with Gasteiger partial charge in [-0.1, -0.05) is 5.11 Å². The molecule has 3 aliphatic rings. The smallest absolute Gasteiger partial charge is 0.306 e. The molecule has 0 aliphatic carbocycles. The lowest BCUT2D eigenvalue weighted by Gasteiger charge is -2.39. The van der Waals surface area contributed by atoms with Crippen molar-refractivity contribution < 1.29 is 17.9 Å². The minimum Gasteiger partial charge on any atom is -0.462 e. The molecule has 3 fully saturated rings. The maximum Gasteiger partial charge on any atom is 0.306 e. The van der Waals surface area contributed by atoms with Crippen LogP contribution in [0.1, 0.15) is 32.1 Å². The monoisotopic (exact) mass is 285 g/mol. The van der Waals surface area contributed by atoms with Crippen LogP contribution in [0.4, 0.5) is 0 Å². The fraction of sp³-hybridized carbons (Fsp3) is 0.909. The van der Waals surface area contributed by atoms with Crippen molar-refractivity contribution in [1.29, 1.82) is 0 Å². The van der Waals surface area contributed by atoms with Crippen molar-refractivity contribution in [2.24, 2.45) is 10.5 Å². The lowest BCUT2D eigenvalue weighted by molar-refractivity contribution is -0.141. The molecule has 0 aromatic heterocycles. The third-order valence-electron chi connectivity index (χ3n) is 4.77. The second-order valence-corrected chi connectivity index (χ2v) is 8.26. The standard InChI is InChI=1S/C11H15N3O4S/c12-14-13-6-9-11(5-10(15)18-9)3-7-1-2-8(4-11)19(7,16)17/h7-9H,1-6H2. The average Bonchev–Trinajstić information content (AvgIpc) is 2.68. The summed E-state index contributed by atoms with van der Waals surface area (Å²) in [6.07, 6.45) is 2.07. The molecule has 3 atom stereocenters. The Labute approximate surface area is 110 Å². The summed E-state index contributed by atoms with van der Waals surface area (Å²) >= 11 is 0. The van der Waals surface area contributed by atoms with Gasteiger partial charge in [0.25, 0.3) is 0 Å². The number of ether oxygens (including phenoxy) is 1. The molecule has 0 N–H and O–H groups in total. The second kappa shape index (κ2) is 4.11. The summed E-state index contributed by atoms with van der Waals surface area (Å²) < 4.78 is 29.5. The lowest BCUT2D eigenvalue weighted by Crippen LogP contribution is -2.45. The Hall–Kier alpha value is -1.27. The minimum atomic E-state index is -3.02. The molecule has 3 heterocycles. The summed E-state index contributed by atoms with van der Waals surface area (Å²) in [5.41, 5.74) is 7.96. The van der Waals surface area contributed by atoms with Crippen LogP contribution in [0, 0.1) is 5.41 Å². The number of hydrogen-bond acceptors (Lipinski definition) is 5. The zero-order chi connectivity index (χ0) is 13.7. The fourth-order valence-corrected chi connectivity index (χ4v) is 6.48. The zero-order valence-corrected chi connectivity index (χ0v) is 11.2.